The molecule has 4 heteroatoms. The number of carbonyl (C=O) groups excluding carboxylic acids is 1. The van der Waals surface area contributed by atoms with Crippen molar-refractivity contribution in [1.82, 2.24) is 4.90 Å². The van der Waals surface area contributed by atoms with Crippen LogP contribution in [0.4, 0.5) is 5.69 Å². The number of nitrogens with zero attached hydrogens (tertiary/aromatic N) is 1. The third kappa shape index (κ3) is 3.06. The first-order valence-electron chi connectivity index (χ1n) is 7.36. The SMILES string of the molecule is CCOc1ccc(C(=O)N2CC(C)CCC2C)cc1N. The molecule has 0 aromatic heterocycles. The second-order valence-electron chi connectivity index (χ2n) is 5.67. The molecule has 2 rings (SSSR count). The Morgan fingerprint density at radius 1 is 1.40 bits per heavy atom. The molecule has 110 valence electrons. The number of ether oxygens (including phenoxy) is 1. The zero-order valence-corrected chi connectivity index (χ0v) is 12.6. The highest BCUT2D eigenvalue weighted by atomic mass is 16.5. The maximum Gasteiger partial charge on any atom is 0.254 e. The van der Waals surface area contributed by atoms with Gasteiger partial charge in [0.25, 0.3) is 5.91 Å². The van der Waals surface area contributed by atoms with E-state index in [0.717, 1.165) is 13.0 Å². The highest BCUT2D eigenvalue weighted by molar-refractivity contribution is 5.95. The van der Waals surface area contributed by atoms with Crippen molar-refractivity contribution >= 4 is 11.6 Å². The molecule has 20 heavy (non-hydrogen) atoms. The highest BCUT2D eigenvalue weighted by Crippen LogP contribution is 2.26. The van der Waals surface area contributed by atoms with Crippen molar-refractivity contribution in [2.75, 3.05) is 18.9 Å². The van der Waals surface area contributed by atoms with Gasteiger partial charge in [0.2, 0.25) is 0 Å². The first kappa shape index (κ1) is 14.7. The summed E-state index contributed by atoms with van der Waals surface area (Å²) in [5.41, 5.74) is 7.11. The number of nitrogens with two attached hydrogens (primary N) is 1. The van der Waals surface area contributed by atoms with Crippen LogP contribution in [-0.2, 0) is 0 Å². The fraction of sp³-hybridized carbons (Fsp3) is 0.562. The highest BCUT2D eigenvalue weighted by Gasteiger charge is 2.27. The molecule has 1 aliphatic heterocycles. The van der Waals surface area contributed by atoms with E-state index in [0.29, 0.717) is 35.6 Å². The molecular formula is C16H24N2O2. The minimum Gasteiger partial charge on any atom is -0.492 e. The summed E-state index contributed by atoms with van der Waals surface area (Å²) in [6.07, 6.45) is 2.26. The van der Waals surface area contributed by atoms with Gasteiger partial charge in [0.1, 0.15) is 5.75 Å². The van der Waals surface area contributed by atoms with E-state index in [4.69, 9.17) is 10.5 Å². The molecule has 2 atom stereocenters. The third-order valence-electron chi connectivity index (χ3n) is 3.94. The van der Waals surface area contributed by atoms with Gasteiger partial charge in [0.05, 0.1) is 12.3 Å². The minimum absolute atomic E-state index is 0.0683. The summed E-state index contributed by atoms with van der Waals surface area (Å²) in [5, 5.41) is 0. The average molecular weight is 276 g/mol. The van der Waals surface area contributed by atoms with Gasteiger partial charge >= 0.3 is 0 Å². The molecule has 1 fully saturated rings. The van der Waals surface area contributed by atoms with Crippen LogP contribution in [0, 0.1) is 5.92 Å². The molecule has 0 bridgehead atoms. The Balaban J connectivity index is 2.18. The summed E-state index contributed by atoms with van der Waals surface area (Å²) in [7, 11) is 0. The monoisotopic (exact) mass is 276 g/mol. The van der Waals surface area contributed by atoms with Crippen molar-refractivity contribution in [3.05, 3.63) is 23.8 Å². The van der Waals surface area contributed by atoms with Crippen molar-refractivity contribution in [1.29, 1.82) is 0 Å². The maximum atomic E-state index is 12.6. The van der Waals surface area contributed by atoms with Gasteiger partial charge in [0.15, 0.2) is 0 Å². The Kier molecular flexibility index (Phi) is 4.53. The Bertz CT molecular complexity index is 487. The third-order valence-corrected chi connectivity index (χ3v) is 3.94. The van der Waals surface area contributed by atoms with E-state index in [1.54, 1.807) is 18.2 Å². The van der Waals surface area contributed by atoms with E-state index in [1.807, 2.05) is 11.8 Å². The van der Waals surface area contributed by atoms with Crippen LogP contribution in [0.1, 0.15) is 44.0 Å². The number of likely N-dealkylation sites (tertiary alicyclic amines) is 1. The standard InChI is InChI=1S/C16H24N2O2/c1-4-20-15-8-7-13(9-14(15)17)16(19)18-10-11(2)5-6-12(18)3/h7-9,11-12H,4-6,10,17H2,1-3H3. The van der Waals surface area contributed by atoms with Crippen LogP contribution in [0.2, 0.25) is 0 Å². The quantitative estimate of drug-likeness (QED) is 0.864. The van der Waals surface area contributed by atoms with Gasteiger partial charge in [-0.1, -0.05) is 6.92 Å². The molecule has 0 spiro atoms. The molecule has 2 unspecified atom stereocenters. The minimum atomic E-state index is 0.0683. The number of carbonyl (C=O) groups is 1. The summed E-state index contributed by atoms with van der Waals surface area (Å²) in [4.78, 5) is 14.6. The smallest absolute Gasteiger partial charge is 0.254 e. The van der Waals surface area contributed by atoms with Crippen molar-refractivity contribution in [2.24, 2.45) is 5.92 Å². The molecule has 1 saturated heterocycles. The Hall–Kier alpha value is -1.71. The average Bonchev–Trinajstić information content (AvgIpc) is 2.43. The van der Waals surface area contributed by atoms with E-state index >= 15 is 0 Å². The molecule has 0 radical (unpaired) electrons. The van der Waals surface area contributed by atoms with Crippen molar-refractivity contribution < 1.29 is 9.53 Å². The lowest BCUT2D eigenvalue weighted by Crippen LogP contribution is -2.44. The predicted molar refractivity (Wildman–Crippen MR) is 80.9 cm³/mol. The second-order valence-corrected chi connectivity index (χ2v) is 5.67. The topological polar surface area (TPSA) is 55.6 Å². The van der Waals surface area contributed by atoms with Gasteiger partial charge in [-0.15, -0.1) is 0 Å². The van der Waals surface area contributed by atoms with Crippen LogP contribution < -0.4 is 10.5 Å². The summed E-state index contributed by atoms with van der Waals surface area (Å²) in [6, 6.07) is 5.60. The fourth-order valence-corrected chi connectivity index (χ4v) is 2.71. The van der Waals surface area contributed by atoms with Crippen molar-refractivity contribution in [2.45, 2.75) is 39.7 Å². The van der Waals surface area contributed by atoms with Crippen LogP contribution in [0.5, 0.6) is 5.75 Å². The molecule has 1 amide bonds. The van der Waals surface area contributed by atoms with E-state index in [2.05, 4.69) is 13.8 Å². The summed E-state index contributed by atoms with van der Waals surface area (Å²) in [6.45, 7) is 7.61. The largest absolute Gasteiger partial charge is 0.492 e. The Morgan fingerprint density at radius 3 is 2.80 bits per heavy atom. The Labute approximate surface area is 120 Å². The normalized spacial score (nSPS) is 22.6. The van der Waals surface area contributed by atoms with Gasteiger partial charge in [-0.25, -0.2) is 0 Å². The van der Waals surface area contributed by atoms with Gasteiger partial charge in [-0.3, -0.25) is 4.79 Å². The first-order chi connectivity index (χ1) is 9.52. The van der Waals surface area contributed by atoms with Gasteiger partial charge in [-0.2, -0.15) is 0 Å². The summed E-state index contributed by atoms with van der Waals surface area (Å²) in [5.74, 6) is 1.28. The predicted octanol–water partition coefficient (Wildman–Crippen LogP) is 2.93. The number of nitrogen functional groups attached to an aromatic ring is 1. The number of rotatable bonds is 3. The number of hydrogen-bond acceptors (Lipinski definition) is 3. The molecule has 1 aromatic rings. The summed E-state index contributed by atoms with van der Waals surface area (Å²) >= 11 is 0. The zero-order valence-electron chi connectivity index (χ0n) is 12.6. The molecule has 2 N–H and O–H groups in total. The van der Waals surface area contributed by atoms with Crippen LogP contribution in [0.25, 0.3) is 0 Å². The van der Waals surface area contributed by atoms with E-state index in [9.17, 15) is 4.79 Å². The number of amides is 1. The van der Waals surface area contributed by atoms with Gasteiger partial charge in [-0.05, 0) is 50.8 Å². The number of benzene rings is 1. The van der Waals surface area contributed by atoms with Gasteiger partial charge < -0.3 is 15.4 Å². The first-order valence-corrected chi connectivity index (χ1v) is 7.36. The molecule has 1 heterocycles. The lowest BCUT2D eigenvalue weighted by atomic mass is 9.94. The zero-order chi connectivity index (χ0) is 14.7. The molecule has 4 nitrogen and oxygen atoms in total. The van der Waals surface area contributed by atoms with Crippen LogP contribution in [0.3, 0.4) is 0 Å². The Morgan fingerprint density at radius 2 is 2.15 bits per heavy atom. The van der Waals surface area contributed by atoms with E-state index < -0.39 is 0 Å². The van der Waals surface area contributed by atoms with Crippen LogP contribution in [0.15, 0.2) is 18.2 Å². The number of piperidine rings is 1. The second kappa shape index (κ2) is 6.16. The molecule has 0 aliphatic carbocycles. The van der Waals surface area contributed by atoms with E-state index in [-0.39, 0.29) is 5.91 Å². The maximum absolute atomic E-state index is 12.6. The van der Waals surface area contributed by atoms with Crippen molar-refractivity contribution in [3.8, 4) is 5.75 Å². The molecular weight excluding hydrogens is 252 g/mol. The van der Waals surface area contributed by atoms with Gasteiger partial charge in [0, 0.05) is 18.2 Å². The summed E-state index contributed by atoms with van der Waals surface area (Å²) < 4.78 is 5.41. The van der Waals surface area contributed by atoms with Crippen LogP contribution in [-0.4, -0.2) is 30.0 Å². The fourth-order valence-electron chi connectivity index (χ4n) is 2.71. The van der Waals surface area contributed by atoms with Crippen LogP contribution >= 0.6 is 0 Å². The number of anilines is 1. The molecule has 0 saturated carbocycles. The lowest BCUT2D eigenvalue weighted by molar-refractivity contribution is 0.0574. The molecule has 1 aliphatic rings. The lowest BCUT2D eigenvalue weighted by Gasteiger charge is -2.37. The van der Waals surface area contributed by atoms with E-state index in [1.165, 1.54) is 6.42 Å². The van der Waals surface area contributed by atoms with Crippen molar-refractivity contribution in [3.63, 3.8) is 0 Å². The molecule has 1 aromatic carbocycles. The number of hydrogen-bond donors (Lipinski definition) is 1.